The molecule has 1 aliphatic rings. The average molecular weight is 267 g/mol. The molecular formula is C17H17NO2. The Kier molecular flexibility index (Phi) is 2.97. The van der Waals surface area contributed by atoms with Crippen molar-refractivity contribution in [2.75, 3.05) is 0 Å². The van der Waals surface area contributed by atoms with Crippen molar-refractivity contribution in [3.63, 3.8) is 0 Å². The van der Waals surface area contributed by atoms with Crippen LogP contribution in [-0.2, 0) is 6.42 Å². The van der Waals surface area contributed by atoms with Crippen molar-refractivity contribution < 1.29 is 9.21 Å². The van der Waals surface area contributed by atoms with Crippen LogP contribution < -0.4 is 5.32 Å². The van der Waals surface area contributed by atoms with Crippen LogP contribution in [0.4, 0.5) is 0 Å². The molecule has 0 spiro atoms. The molecular weight excluding hydrogens is 250 g/mol. The lowest BCUT2D eigenvalue weighted by Gasteiger charge is -2.35. The first-order valence-corrected chi connectivity index (χ1v) is 6.71. The lowest BCUT2D eigenvalue weighted by atomic mass is 9.85. The maximum Gasteiger partial charge on any atom is 0.223 e. The lowest BCUT2D eigenvalue weighted by Crippen LogP contribution is -2.43. The highest BCUT2D eigenvalue weighted by atomic mass is 16.3. The van der Waals surface area contributed by atoms with Gasteiger partial charge in [0.2, 0.25) is 5.78 Å². The zero-order valence-corrected chi connectivity index (χ0v) is 11.6. The van der Waals surface area contributed by atoms with Gasteiger partial charge in [-0.05, 0) is 38.0 Å². The monoisotopic (exact) mass is 267 g/mol. The molecule has 3 heteroatoms. The van der Waals surface area contributed by atoms with Gasteiger partial charge in [-0.15, -0.1) is 0 Å². The maximum atomic E-state index is 12.2. The van der Waals surface area contributed by atoms with Crippen LogP contribution in [-0.4, -0.2) is 11.3 Å². The summed E-state index contributed by atoms with van der Waals surface area (Å²) in [6, 6.07) is 11.6. The summed E-state index contributed by atoms with van der Waals surface area (Å²) in [6.07, 6.45) is 4.08. The Morgan fingerprint density at radius 1 is 1.25 bits per heavy atom. The lowest BCUT2D eigenvalue weighted by molar-refractivity contribution is 0.102. The fraction of sp³-hybridized carbons (Fsp3) is 0.235. The molecule has 1 aromatic carbocycles. The average Bonchev–Trinajstić information content (AvgIpc) is 2.91. The summed E-state index contributed by atoms with van der Waals surface area (Å²) in [5.41, 5.74) is 3.14. The molecule has 0 unspecified atom stereocenters. The fourth-order valence-electron chi connectivity index (χ4n) is 2.62. The second-order valence-electron chi connectivity index (χ2n) is 5.74. The molecule has 3 nitrogen and oxygen atoms in total. The van der Waals surface area contributed by atoms with Crippen LogP contribution in [0.5, 0.6) is 0 Å². The second-order valence-corrected chi connectivity index (χ2v) is 5.74. The molecule has 2 aromatic rings. The van der Waals surface area contributed by atoms with Crippen LogP contribution in [0.1, 0.15) is 35.5 Å². The Labute approximate surface area is 118 Å². The molecule has 0 fully saturated rings. The number of hydrogen-bond acceptors (Lipinski definition) is 3. The molecule has 0 atom stereocenters. The van der Waals surface area contributed by atoms with Gasteiger partial charge in [0.05, 0.1) is 6.26 Å². The summed E-state index contributed by atoms with van der Waals surface area (Å²) in [4.78, 5) is 12.2. The van der Waals surface area contributed by atoms with Crippen LogP contribution in [0.2, 0.25) is 0 Å². The fourth-order valence-corrected chi connectivity index (χ4v) is 2.62. The topological polar surface area (TPSA) is 42.2 Å². The van der Waals surface area contributed by atoms with Crippen molar-refractivity contribution >= 4 is 11.5 Å². The Hall–Kier alpha value is -2.29. The number of ketones is 1. The highest BCUT2D eigenvalue weighted by Gasteiger charge is 2.27. The van der Waals surface area contributed by atoms with Gasteiger partial charge >= 0.3 is 0 Å². The number of carbonyl (C=O) groups excluding carboxylic acids is 1. The first-order chi connectivity index (χ1) is 9.55. The van der Waals surface area contributed by atoms with Gasteiger partial charge in [0, 0.05) is 22.9 Å². The van der Waals surface area contributed by atoms with Crippen LogP contribution in [0.25, 0.3) is 5.70 Å². The predicted molar refractivity (Wildman–Crippen MR) is 78.4 cm³/mol. The van der Waals surface area contributed by atoms with Crippen LogP contribution >= 0.6 is 0 Å². The van der Waals surface area contributed by atoms with E-state index in [-0.39, 0.29) is 11.3 Å². The minimum absolute atomic E-state index is 0.0658. The SMILES string of the molecule is CC1(C)Cc2ccccc2C(=CC(=O)c2ccco2)N1. The van der Waals surface area contributed by atoms with E-state index >= 15 is 0 Å². The first-order valence-electron chi connectivity index (χ1n) is 6.71. The third-order valence-corrected chi connectivity index (χ3v) is 3.45. The highest BCUT2D eigenvalue weighted by Crippen LogP contribution is 2.29. The standard InChI is InChI=1S/C17H17NO2/c1-17(2)11-12-6-3-4-7-13(12)14(18-17)10-15(19)16-8-5-9-20-16/h3-10,18H,11H2,1-2H3. The van der Waals surface area contributed by atoms with Crippen molar-refractivity contribution in [1.29, 1.82) is 0 Å². The van der Waals surface area contributed by atoms with E-state index in [0.717, 1.165) is 17.7 Å². The third-order valence-electron chi connectivity index (χ3n) is 3.45. The van der Waals surface area contributed by atoms with E-state index in [1.54, 1.807) is 18.2 Å². The number of nitrogens with one attached hydrogen (secondary N) is 1. The quantitative estimate of drug-likeness (QED) is 0.669. The van der Waals surface area contributed by atoms with E-state index in [2.05, 4.69) is 25.2 Å². The smallest absolute Gasteiger partial charge is 0.223 e. The number of furan rings is 1. The molecule has 3 rings (SSSR count). The zero-order valence-electron chi connectivity index (χ0n) is 11.6. The van der Waals surface area contributed by atoms with Crippen LogP contribution in [0.3, 0.4) is 0 Å². The van der Waals surface area contributed by atoms with Gasteiger partial charge in [0.25, 0.3) is 0 Å². The van der Waals surface area contributed by atoms with Crippen molar-refractivity contribution in [2.24, 2.45) is 0 Å². The van der Waals surface area contributed by atoms with Gasteiger partial charge in [-0.25, -0.2) is 0 Å². The number of hydrogen-bond donors (Lipinski definition) is 1. The Balaban J connectivity index is 2.02. The maximum absolute atomic E-state index is 12.2. The van der Waals surface area contributed by atoms with Gasteiger partial charge in [-0.1, -0.05) is 24.3 Å². The zero-order chi connectivity index (χ0) is 14.2. The molecule has 102 valence electrons. The molecule has 0 amide bonds. The number of benzene rings is 1. The van der Waals surface area contributed by atoms with Gasteiger partial charge in [-0.3, -0.25) is 4.79 Å². The van der Waals surface area contributed by atoms with Gasteiger partial charge in [-0.2, -0.15) is 0 Å². The minimum Gasteiger partial charge on any atom is -0.461 e. The van der Waals surface area contributed by atoms with Crippen LogP contribution in [0.15, 0.2) is 53.2 Å². The number of rotatable bonds is 2. The van der Waals surface area contributed by atoms with E-state index in [4.69, 9.17) is 4.42 Å². The Morgan fingerprint density at radius 3 is 2.80 bits per heavy atom. The van der Waals surface area contributed by atoms with E-state index in [1.807, 2.05) is 18.2 Å². The molecule has 1 aromatic heterocycles. The molecule has 20 heavy (non-hydrogen) atoms. The van der Waals surface area contributed by atoms with Gasteiger partial charge in [0.15, 0.2) is 5.76 Å². The summed E-state index contributed by atoms with van der Waals surface area (Å²) in [5, 5.41) is 3.44. The molecule has 2 heterocycles. The van der Waals surface area contributed by atoms with Crippen LogP contribution in [0, 0.1) is 0 Å². The summed E-state index contributed by atoms with van der Waals surface area (Å²) in [6.45, 7) is 4.27. The summed E-state index contributed by atoms with van der Waals surface area (Å²) in [7, 11) is 0. The molecule has 0 radical (unpaired) electrons. The van der Waals surface area contributed by atoms with E-state index in [9.17, 15) is 4.79 Å². The van der Waals surface area contributed by atoms with E-state index < -0.39 is 0 Å². The number of allylic oxidation sites excluding steroid dienone is 1. The van der Waals surface area contributed by atoms with E-state index in [1.165, 1.54) is 11.8 Å². The Bertz CT molecular complexity index is 666. The largest absolute Gasteiger partial charge is 0.461 e. The van der Waals surface area contributed by atoms with E-state index in [0.29, 0.717) is 5.76 Å². The summed E-state index contributed by atoms with van der Waals surface area (Å²) < 4.78 is 5.15. The normalized spacial score (nSPS) is 18.4. The third kappa shape index (κ3) is 2.39. The molecule has 0 saturated heterocycles. The molecule has 0 aliphatic carbocycles. The predicted octanol–water partition coefficient (Wildman–Crippen LogP) is 3.43. The number of fused-ring (bicyclic) bond motifs is 1. The molecule has 1 N–H and O–H groups in total. The minimum atomic E-state index is -0.120. The summed E-state index contributed by atoms with van der Waals surface area (Å²) in [5.74, 6) is 0.241. The van der Waals surface area contributed by atoms with Crippen molar-refractivity contribution in [1.82, 2.24) is 5.32 Å². The van der Waals surface area contributed by atoms with Gasteiger partial charge < -0.3 is 9.73 Å². The second kappa shape index (κ2) is 4.67. The van der Waals surface area contributed by atoms with Gasteiger partial charge in [0.1, 0.15) is 0 Å². The molecule has 1 aliphatic heterocycles. The van der Waals surface area contributed by atoms with Crippen molar-refractivity contribution in [2.45, 2.75) is 25.8 Å². The van der Waals surface area contributed by atoms with Crippen molar-refractivity contribution in [3.05, 3.63) is 65.6 Å². The van der Waals surface area contributed by atoms with Crippen molar-refractivity contribution in [3.8, 4) is 0 Å². The Morgan fingerprint density at radius 2 is 2.05 bits per heavy atom. The molecule has 0 bridgehead atoms. The summed E-state index contributed by atoms with van der Waals surface area (Å²) >= 11 is 0. The highest BCUT2D eigenvalue weighted by molar-refractivity contribution is 6.06. The first kappa shape index (κ1) is 12.7. The molecule has 0 saturated carbocycles. The number of carbonyl (C=O) groups is 1.